The molecular weight excluding hydrogens is 581 g/mol. The van der Waals surface area contributed by atoms with Crippen LogP contribution in [0.15, 0.2) is 54.6 Å². The van der Waals surface area contributed by atoms with Crippen molar-refractivity contribution in [2.24, 2.45) is 0 Å². The van der Waals surface area contributed by atoms with Crippen molar-refractivity contribution in [1.29, 1.82) is 0 Å². The summed E-state index contributed by atoms with van der Waals surface area (Å²) in [5.74, 6) is 1.36. The van der Waals surface area contributed by atoms with Crippen LogP contribution in [-0.2, 0) is 38.4 Å². The van der Waals surface area contributed by atoms with Gasteiger partial charge in [0.15, 0.2) is 0 Å². The number of hydrogen-bond acceptors (Lipinski definition) is 9. The number of benzene rings is 2. The Labute approximate surface area is 257 Å². The Balaban J connectivity index is 1.39. The fourth-order valence-electron chi connectivity index (χ4n) is 3.93. The van der Waals surface area contributed by atoms with Crippen LogP contribution in [0.25, 0.3) is 0 Å². The number of nitrogens with zero attached hydrogens (tertiary/aromatic N) is 2. The largest absolute Gasteiger partial charge is 0.491 e. The van der Waals surface area contributed by atoms with Gasteiger partial charge in [-0.3, -0.25) is 9.59 Å². The number of ether oxygens (including phenoxy) is 4. The summed E-state index contributed by atoms with van der Waals surface area (Å²) in [5.41, 5.74) is 2.44. The number of carbonyl (C=O) groups excluding carboxylic acids is 2. The van der Waals surface area contributed by atoms with Gasteiger partial charge in [-0.05, 0) is 61.4 Å². The third-order valence-corrected chi connectivity index (χ3v) is 6.60. The van der Waals surface area contributed by atoms with Crippen LogP contribution in [0.5, 0.6) is 11.5 Å². The third-order valence-electron chi connectivity index (χ3n) is 6.01. The molecule has 0 fully saturated rings. The molecule has 0 aliphatic rings. The summed E-state index contributed by atoms with van der Waals surface area (Å²) in [6.07, 6.45) is 0.341. The zero-order chi connectivity index (χ0) is 30.3. The van der Waals surface area contributed by atoms with Crippen molar-refractivity contribution in [2.75, 3.05) is 51.5 Å². The van der Waals surface area contributed by atoms with E-state index in [2.05, 4.69) is 5.32 Å². The molecule has 1 heterocycles. The lowest BCUT2D eigenvalue weighted by atomic mass is 10.1. The van der Waals surface area contributed by atoms with E-state index < -0.39 is 0 Å². The van der Waals surface area contributed by atoms with E-state index in [-0.39, 0.29) is 24.8 Å². The highest BCUT2D eigenvalue weighted by Gasteiger charge is 2.10. The van der Waals surface area contributed by atoms with E-state index in [9.17, 15) is 9.59 Å². The number of nitrogens with one attached hydrogen (secondary N) is 1. The number of carbonyl (C=O) groups is 2. The molecule has 0 bridgehead atoms. The van der Waals surface area contributed by atoms with Crippen LogP contribution >= 0.6 is 23.2 Å². The number of rotatable bonds is 17. The van der Waals surface area contributed by atoms with Crippen LogP contribution in [0.4, 0.5) is 5.82 Å². The number of likely N-dealkylation sites (N-methyl/N-ethyl adjacent to an activating group) is 1. The quantitative estimate of drug-likeness (QED) is 0.160. The second-order valence-electron chi connectivity index (χ2n) is 9.28. The molecule has 3 rings (SSSR count). The minimum absolute atomic E-state index is 0.169. The van der Waals surface area contributed by atoms with Gasteiger partial charge in [0.1, 0.15) is 30.5 Å². The number of esters is 2. The topological polar surface area (TPSA) is 99.2 Å². The second kappa shape index (κ2) is 17.4. The molecule has 0 aliphatic heterocycles. The molecule has 0 unspecified atom stereocenters. The summed E-state index contributed by atoms with van der Waals surface area (Å²) in [5, 5.41) is 4.22. The fraction of sp³-hybridized carbons (Fsp3) is 0.387. The number of aromatic nitrogens is 1. The number of hydrogen-bond donors (Lipinski definition) is 1. The van der Waals surface area contributed by atoms with Gasteiger partial charge < -0.3 is 29.2 Å². The smallest absolute Gasteiger partial charge is 0.310 e. The molecule has 0 amide bonds. The summed E-state index contributed by atoms with van der Waals surface area (Å²) >= 11 is 12.7. The number of halogens is 2. The van der Waals surface area contributed by atoms with Crippen molar-refractivity contribution < 1.29 is 28.5 Å². The average Bonchev–Trinajstić information content (AvgIpc) is 2.95. The lowest BCUT2D eigenvalue weighted by Gasteiger charge is -2.19. The summed E-state index contributed by atoms with van der Waals surface area (Å²) in [7, 11) is 1.95. The molecule has 3 aromatic rings. The first-order valence-electron chi connectivity index (χ1n) is 13.8. The Morgan fingerprint density at radius 1 is 0.833 bits per heavy atom. The Morgan fingerprint density at radius 3 is 1.95 bits per heavy atom. The van der Waals surface area contributed by atoms with Gasteiger partial charge in [-0.1, -0.05) is 41.4 Å². The van der Waals surface area contributed by atoms with Crippen LogP contribution < -0.4 is 19.7 Å². The monoisotopic (exact) mass is 617 g/mol. The lowest BCUT2D eigenvalue weighted by Crippen LogP contribution is -2.26. The van der Waals surface area contributed by atoms with E-state index in [4.69, 9.17) is 47.1 Å². The van der Waals surface area contributed by atoms with E-state index in [1.165, 1.54) is 0 Å². The molecule has 1 aromatic heterocycles. The molecule has 226 valence electrons. The maximum Gasteiger partial charge on any atom is 0.310 e. The molecule has 0 spiro atoms. The molecule has 42 heavy (non-hydrogen) atoms. The normalized spacial score (nSPS) is 10.7. The Kier molecular flexibility index (Phi) is 13.7. The Bertz CT molecular complexity index is 1320. The van der Waals surface area contributed by atoms with Gasteiger partial charge in [-0.2, -0.15) is 0 Å². The zero-order valence-electron chi connectivity index (χ0n) is 24.2. The fourth-order valence-corrected chi connectivity index (χ4v) is 4.45. The number of anilines is 1. The lowest BCUT2D eigenvalue weighted by molar-refractivity contribution is -0.143. The third kappa shape index (κ3) is 11.0. The predicted molar refractivity (Wildman–Crippen MR) is 164 cm³/mol. The van der Waals surface area contributed by atoms with Crippen LogP contribution in [0.2, 0.25) is 10.0 Å². The van der Waals surface area contributed by atoms with Gasteiger partial charge >= 0.3 is 11.9 Å². The molecule has 9 nitrogen and oxygen atoms in total. The second-order valence-corrected chi connectivity index (χ2v) is 10.1. The molecule has 2 aromatic carbocycles. The first-order valence-corrected chi connectivity index (χ1v) is 14.6. The molecule has 0 saturated carbocycles. The molecule has 11 heteroatoms. The summed E-state index contributed by atoms with van der Waals surface area (Å²) < 4.78 is 21.6. The molecule has 0 saturated heterocycles. The van der Waals surface area contributed by atoms with Crippen LogP contribution in [0.3, 0.4) is 0 Å². The molecule has 1 N–H and O–H groups in total. The zero-order valence-corrected chi connectivity index (χ0v) is 25.7. The highest BCUT2D eigenvalue weighted by atomic mass is 35.5. The van der Waals surface area contributed by atoms with Gasteiger partial charge in [-0.25, -0.2) is 4.98 Å². The summed E-state index contributed by atoms with van der Waals surface area (Å²) in [6, 6.07) is 16.4. The summed E-state index contributed by atoms with van der Waals surface area (Å²) in [4.78, 5) is 30.1. The van der Waals surface area contributed by atoms with Gasteiger partial charge in [0.05, 0.1) is 48.3 Å². The highest BCUT2D eigenvalue weighted by Crippen LogP contribution is 2.27. The van der Waals surface area contributed by atoms with Gasteiger partial charge in [-0.15, -0.1) is 0 Å². The van der Waals surface area contributed by atoms with E-state index in [1.54, 1.807) is 44.2 Å². The van der Waals surface area contributed by atoms with Gasteiger partial charge in [0, 0.05) is 20.1 Å². The average molecular weight is 619 g/mol. The first-order chi connectivity index (χ1) is 20.3. The van der Waals surface area contributed by atoms with E-state index >= 15 is 0 Å². The van der Waals surface area contributed by atoms with Crippen LogP contribution in [0, 0.1) is 0 Å². The summed E-state index contributed by atoms with van der Waals surface area (Å²) in [6.45, 7) is 6.82. The maximum atomic E-state index is 11.7. The van der Waals surface area contributed by atoms with Crippen LogP contribution in [0.1, 0.15) is 30.7 Å². The Morgan fingerprint density at radius 2 is 1.40 bits per heavy atom. The van der Waals surface area contributed by atoms with Gasteiger partial charge in [0.25, 0.3) is 0 Å². The SMILES string of the molecule is CCOC(=O)Cc1ccc(OCCNCc2cccc(N(C)CCOc3ccc(CC(=O)OCC)cc3Cl)n2)c(Cl)c1. The van der Waals surface area contributed by atoms with Crippen LogP contribution in [-0.4, -0.2) is 63.5 Å². The minimum atomic E-state index is -0.289. The highest BCUT2D eigenvalue weighted by molar-refractivity contribution is 6.32. The molecular formula is C31H37Cl2N3O6. The predicted octanol–water partition coefficient (Wildman–Crippen LogP) is 5.28. The van der Waals surface area contributed by atoms with Crippen molar-refractivity contribution in [2.45, 2.75) is 33.2 Å². The standard InChI is InChI=1S/C31H37Cl2N3O6/c1-4-39-30(37)19-22-9-11-27(25(32)17-22)41-15-13-34-21-24-7-6-8-29(35-24)36(3)14-16-42-28-12-10-23(18-26(28)33)20-31(38)40-5-2/h6-12,17-18,34H,4-5,13-16,19-21H2,1-3H3. The van der Waals surface area contributed by atoms with E-state index in [0.29, 0.717) is 67.6 Å². The first kappa shape index (κ1) is 33.0. The molecule has 0 radical (unpaired) electrons. The minimum Gasteiger partial charge on any atom is -0.491 e. The van der Waals surface area contributed by atoms with E-state index in [1.807, 2.05) is 36.2 Å². The van der Waals surface area contributed by atoms with Crippen molar-refractivity contribution in [3.8, 4) is 11.5 Å². The maximum absolute atomic E-state index is 11.7. The molecule has 0 aliphatic carbocycles. The van der Waals surface area contributed by atoms with Crippen molar-refractivity contribution in [1.82, 2.24) is 10.3 Å². The van der Waals surface area contributed by atoms with Crippen molar-refractivity contribution in [3.05, 3.63) is 81.5 Å². The molecule has 0 atom stereocenters. The number of pyridine rings is 1. The Hall–Kier alpha value is -3.53. The van der Waals surface area contributed by atoms with Crippen molar-refractivity contribution in [3.63, 3.8) is 0 Å². The van der Waals surface area contributed by atoms with Crippen molar-refractivity contribution >= 4 is 41.0 Å². The van der Waals surface area contributed by atoms with Gasteiger partial charge in [0.2, 0.25) is 0 Å². The van der Waals surface area contributed by atoms with E-state index in [0.717, 1.165) is 22.6 Å².